The molecule has 21 nitrogen and oxygen atoms in total. The third-order valence-corrected chi connectivity index (χ3v) is 7.87. The lowest BCUT2D eigenvalue weighted by molar-refractivity contribution is -0.382. The lowest BCUT2D eigenvalue weighted by Gasteiger charge is -2.50. The molecular weight excluding hydrogens is 632 g/mol. The number of carbonyl (C=O) groups excluding carboxylic acids is 2. The summed E-state index contributed by atoms with van der Waals surface area (Å²) in [6, 6.07) is -3.05. The second-order valence-electron chi connectivity index (χ2n) is 11.2. The molecule has 13 N–H and O–H groups in total. The highest BCUT2D eigenvalue weighted by molar-refractivity contribution is 5.76. The zero-order valence-electron chi connectivity index (χ0n) is 24.7. The quantitative estimate of drug-likeness (QED) is 0.0913. The first-order chi connectivity index (χ1) is 21.5. The Labute approximate surface area is 260 Å². The van der Waals surface area contributed by atoms with Crippen molar-refractivity contribution in [3.05, 3.63) is 0 Å². The lowest BCUT2D eigenvalue weighted by atomic mass is 9.88. The number of aliphatic hydroxyl groups is 10. The molecule has 0 aromatic rings. The first-order valence-electron chi connectivity index (χ1n) is 14.2. The Kier molecular flexibility index (Phi) is 13.1. The molecule has 21 heteroatoms. The van der Waals surface area contributed by atoms with Gasteiger partial charge in [0.25, 0.3) is 5.79 Å². The van der Waals surface area contributed by atoms with Crippen LogP contribution >= 0.6 is 0 Å². The Morgan fingerprint density at radius 3 is 1.96 bits per heavy atom. The summed E-state index contributed by atoms with van der Waals surface area (Å²) >= 11 is 0. The molecule has 3 fully saturated rings. The summed E-state index contributed by atoms with van der Waals surface area (Å²) in [6.45, 7) is -0.789. The van der Waals surface area contributed by atoms with Crippen LogP contribution in [0.4, 0.5) is 0 Å². The molecule has 3 heterocycles. The molecule has 16 atom stereocenters. The zero-order chi connectivity index (χ0) is 34.7. The molecule has 46 heavy (non-hydrogen) atoms. The van der Waals surface area contributed by atoms with E-state index >= 15 is 0 Å². The molecule has 0 spiro atoms. The number of ether oxygens (including phenoxy) is 5. The average molecular weight is 675 g/mol. The van der Waals surface area contributed by atoms with E-state index in [-0.39, 0.29) is 0 Å². The van der Waals surface area contributed by atoms with Crippen LogP contribution in [0.1, 0.15) is 20.3 Å². The Morgan fingerprint density at radius 2 is 1.43 bits per heavy atom. The van der Waals surface area contributed by atoms with Crippen molar-refractivity contribution >= 4 is 17.8 Å². The number of aliphatic hydroxyl groups excluding tert-OH is 10. The van der Waals surface area contributed by atoms with Crippen LogP contribution < -0.4 is 10.6 Å². The van der Waals surface area contributed by atoms with E-state index in [0.717, 1.165) is 13.8 Å². The molecule has 266 valence electrons. The van der Waals surface area contributed by atoms with Crippen LogP contribution in [0.2, 0.25) is 0 Å². The third kappa shape index (κ3) is 8.08. The van der Waals surface area contributed by atoms with E-state index in [0.29, 0.717) is 0 Å². The van der Waals surface area contributed by atoms with Gasteiger partial charge in [-0.05, 0) is 0 Å². The van der Waals surface area contributed by atoms with Crippen molar-refractivity contribution in [3.8, 4) is 0 Å². The first kappa shape index (κ1) is 38.3. The summed E-state index contributed by atoms with van der Waals surface area (Å²) < 4.78 is 27.4. The van der Waals surface area contributed by atoms with Crippen molar-refractivity contribution in [2.45, 2.75) is 118 Å². The molecule has 0 aromatic carbocycles. The fourth-order valence-corrected chi connectivity index (χ4v) is 5.57. The van der Waals surface area contributed by atoms with Gasteiger partial charge in [-0.2, -0.15) is 0 Å². The normalized spacial score (nSPS) is 42.9. The Hall–Kier alpha value is -2.19. The summed E-state index contributed by atoms with van der Waals surface area (Å²) in [7, 11) is 0. The molecular formula is C25H42N2O19. The van der Waals surface area contributed by atoms with E-state index < -0.39 is 142 Å². The predicted molar refractivity (Wildman–Crippen MR) is 142 cm³/mol. The van der Waals surface area contributed by atoms with E-state index in [1.807, 2.05) is 0 Å². The van der Waals surface area contributed by atoms with Crippen molar-refractivity contribution in [3.63, 3.8) is 0 Å². The highest BCUT2D eigenvalue weighted by atomic mass is 16.8. The SMILES string of the molecule is CC(=O)NC1[C@H]([C@H](O)[C@@H](O)CO)O[C@](O[C@H]2[C@@H](O)[C@@H](CO)O[C@@H](O[C@H]3[C@H](O)[C@@H](NC(C)=O)C(O)O[C@@H]3CO)[C@@H]2O)(C(=O)O)C[C@@H]1O. The smallest absolute Gasteiger partial charge is 0.364 e. The Bertz CT molecular complexity index is 1050. The van der Waals surface area contributed by atoms with Gasteiger partial charge < -0.3 is 90.5 Å². The summed E-state index contributed by atoms with van der Waals surface area (Å²) in [4.78, 5) is 36.0. The molecule has 0 radical (unpaired) electrons. The summed E-state index contributed by atoms with van der Waals surface area (Å²) in [6.07, 6.45) is -25.7. The van der Waals surface area contributed by atoms with E-state index in [1.165, 1.54) is 0 Å². The molecule has 2 unspecified atom stereocenters. The fourth-order valence-electron chi connectivity index (χ4n) is 5.57. The van der Waals surface area contributed by atoms with Crippen molar-refractivity contribution < 1.29 is 94.2 Å². The highest BCUT2D eigenvalue weighted by Crippen LogP contribution is 2.38. The number of rotatable bonds is 12. The lowest BCUT2D eigenvalue weighted by Crippen LogP contribution is -2.71. The number of hydrogen-bond donors (Lipinski definition) is 13. The summed E-state index contributed by atoms with van der Waals surface area (Å²) in [5, 5.41) is 118. The van der Waals surface area contributed by atoms with Gasteiger partial charge in [-0.3, -0.25) is 9.59 Å². The van der Waals surface area contributed by atoms with Gasteiger partial charge in [-0.1, -0.05) is 0 Å². The number of carboxylic acids is 1. The largest absolute Gasteiger partial charge is 0.477 e. The minimum atomic E-state index is -3.04. The molecule has 3 aliphatic heterocycles. The zero-order valence-corrected chi connectivity index (χ0v) is 24.7. The van der Waals surface area contributed by atoms with E-state index in [1.54, 1.807) is 0 Å². The monoisotopic (exact) mass is 674 g/mol. The van der Waals surface area contributed by atoms with Crippen LogP contribution in [0.25, 0.3) is 0 Å². The van der Waals surface area contributed by atoms with Crippen LogP contribution in [0, 0.1) is 0 Å². The van der Waals surface area contributed by atoms with Gasteiger partial charge in [0.15, 0.2) is 12.6 Å². The van der Waals surface area contributed by atoms with Gasteiger partial charge in [0.2, 0.25) is 11.8 Å². The highest BCUT2D eigenvalue weighted by Gasteiger charge is 2.60. The topological polar surface area (TPSA) is 344 Å². The van der Waals surface area contributed by atoms with E-state index in [2.05, 4.69) is 10.6 Å². The standard InChI is InChI=1S/C25H42N2O19/c1-7(31)26-13-9(33)3-25(24(40)41,45-20(13)15(35)10(34)4-28)46-21-16(36)11(5-29)43-23(18(21)38)44-19-12(6-30)42-22(39)14(17(19)37)27-8(2)32/h9-23,28-30,33-39H,3-6H2,1-2H3,(H,26,31)(H,27,32)(H,40,41)/t9-,10-,11+,12+,13?,14+,15+,16-,17+,18+,19+,20+,21-,22?,23-,25+/m0/s1. The minimum absolute atomic E-state index is 0.692. The molecule has 2 amide bonds. The number of hydrogen-bond acceptors (Lipinski definition) is 18. The van der Waals surface area contributed by atoms with Crippen molar-refractivity contribution in [1.29, 1.82) is 0 Å². The Balaban J connectivity index is 1.95. The number of carboxylic acid groups (broad SMARTS) is 1. The van der Waals surface area contributed by atoms with Crippen LogP contribution in [0.3, 0.4) is 0 Å². The van der Waals surface area contributed by atoms with Gasteiger partial charge in [0, 0.05) is 20.3 Å². The molecule has 0 aromatic heterocycles. The summed E-state index contributed by atoms with van der Waals surface area (Å²) in [5.74, 6) is -6.46. The van der Waals surface area contributed by atoms with Crippen LogP contribution in [-0.2, 0) is 38.1 Å². The summed E-state index contributed by atoms with van der Waals surface area (Å²) in [5.41, 5.74) is 0. The van der Waals surface area contributed by atoms with Crippen LogP contribution in [0.5, 0.6) is 0 Å². The van der Waals surface area contributed by atoms with Crippen LogP contribution in [0.15, 0.2) is 0 Å². The second-order valence-corrected chi connectivity index (χ2v) is 11.2. The van der Waals surface area contributed by atoms with Gasteiger partial charge >= 0.3 is 5.97 Å². The number of nitrogens with one attached hydrogen (secondary N) is 2. The molecule has 0 bridgehead atoms. The van der Waals surface area contributed by atoms with Crippen LogP contribution in [-0.4, -0.2) is 191 Å². The molecule has 0 saturated carbocycles. The number of carbonyl (C=O) groups is 3. The molecule has 3 saturated heterocycles. The van der Waals surface area contributed by atoms with Crippen molar-refractivity contribution in [2.24, 2.45) is 0 Å². The molecule has 3 aliphatic rings. The van der Waals surface area contributed by atoms with Gasteiger partial charge in [-0.25, -0.2) is 4.79 Å². The maximum absolute atomic E-state index is 12.6. The maximum atomic E-state index is 12.6. The first-order valence-corrected chi connectivity index (χ1v) is 14.2. The maximum Gasteiger partial charge on any atom is 0.364 e. The third-order valence-electron chi connectivity index (χ3n) is 7.87. The number of amides is 2. The molecule has 3 rings (SSSR count). The van der Waals surface area contributed by atoms with Crippen molar-refractivity contribution in [2.75, 3.05) is 19.8 Å². The van der Waals surface area contributed by atoms with Gasteiger partial charge in [0.1, 0.15) is 67.1 Å². The molecule has 0 aliphatic carbocycles. The number of aliphatic carboxylic acids is 1. The predicted octanol–water partition coefficient (Wildman–Crippen LogP) is -8.08. The average Bonchev–Trinajstić information content (AvgIpc) is 2.99. The van der Waals surface area contributed by atoms with Gasteiger partial charge in [0.05, 0.1) is 32.0 Å². The van der Waals surface area contributed by atoms with Crippen molar-refractivity contribution in [1.82, 2.24) is 10.6 Å². The van der Waals surface area contributed by atoms with Gasteiger partial charge in [-0.15, -0.1) is 0 Å². The Morgan fingerprint density at radius 1 is 0.848 bits per heavy atom. The second kappa shape index (κ2) is 15.8. The van der Waals surface area contributed by atoms with E-state index in [4.69, 9.17) is 23.7 Å². The minimum Gasteiger partial charge on any atom is -0.477 e. The van der Waals surface area contributed by atoms with E-state index in [9.17, 15) is 70.6 Å². The fraction of sp³-hybridized carbons (Fsp3) is 0.880.